The van der Waals surface area contributed by atoms with Crippen LogP contribution in [0.3, 0.4) is 0 Å². The SMILES string of the molecule is Cl.O=C(CNCC1CC1)Nc1cccc(C2SCCS2)c1. The molecule has 3 rings (SSSR count). The predicted molar refractivity (Wildman–Crippen MR) is 95.6 cm³/mol. The Kier molecular flexibility index (Phi) is 6.74. The minimum absolute atomic E-state index is 0. The predicted octanol–water partition coefficient (Wildman–Crippen LogP) is 3.53. The van der Waals surface area contributed by atoms with Crippen molar-refractivity contribution >= 4 is 47.5 Å². The molecule has 21 heavy (non-hydrogen) atoms. The zero-order valence-corrected chi connectivity index (χ0v) is 14.3. The van der Waals surface area contributed by atoms with Crippen molar-refractivity contribution < 1.29 is 4.79 Å². The topological polar surface area (TPSA) is 41.1 Å². The Morgan fingerprint density at radius 1 is 1.24 bits per heavy atom. The first-order valence-electron chi connectivity index (χ1n) is 7.15. The van der Waals surface area contributed by atoms with Crippen LogP contribution in [-0.2, 0) is 4.79 Å². The van der Waals surface area contributed by atoms with Crippen molar-refractivity contribution in [1.82, 2.24) is 5.32 Å². The number of anilines is 1. The maximum Gasteiger partial charge on any atom is 0.238 e. The number of benzene rings is 1. The van der Waals surface area contributed by atoms with Gasteiger partial charge in [0.1, 0.15) is 0 Å². The Hall–Kier alpha value is -0.360. The molecule has 1 aliphatic heterocycles. The fourth-order valence-corrected chi connectivity index (χ4v) is 5.07. The fraction of sp³-hybridized carbons (Fsp3) is 0.533. The van der Waals surface area contributed by atoms with E-state index in [4.69, 9.17) is 0 Å². The van der Waals surface area contributed by atoms with E-state index < -0.39 is 0 Å². The average Bonchev–Trinajstić information content (AvgIpc) is 3.10. The van der Waals surface area contributed by atoms with Crippen LogP contribution in [-0.4, -0.2) is 30.5 Å². The smallest absolute Gasteiger partial charge is 0.238 e. The number of hydrogen-bond donors (Lipinski definition) is 2. The standard InChI is InChI=1S/C15H20N2OS2.ClH/c18-14(10-16-9-11-4-5-11)17-13-3-1-2-12(8-13)15-19-6-7-20-15;/h1-3,8,11,15-16H,4-7,9-10H2,(H,17,18);1H. The molecular formula is C15H21ClN2OS2. The molecular weight excluding hydrogens is 324 g/mol. The van der Waals surface area contributed by atoms with E-state index in [1.165, 1.54) is 29.9 Å². The molecule has 1 saturated carbocycles. The number of carbonyl (C=O) groups excluding carboxylic acids is 1. The summed E-state index contributed by atoms with van der Waals surface area (Å²) in [5.41, 5.74) is 2.22. The second-order valence-electron chi connectivity index (χ2n) is 5.32. The molecule has 1 heterocycles. The monoisotopic (exact) mass is 344 g/mol. The van der Waals surface area contributed by atoms with Crippen molar-refractivity contribution in [2.45, 2.75) is 17.4 Å². The van der Waals surface area contributed by atoms with Crippen LogP contribution in [0.2, 0.25) is 0 Å². The quantitative estimate of drug-likeness (QED) is 0.828. The molecule has 0 unspecified atom stereocenters. The van der Waals surface area contributed by atoms with E-state index in [0.29, 0.717) is 11.1 Å². The van der Waals surface area contributed by atoms with Gasteiger partial charge in [-0.2, -0.15) is 0 Å². The number of nitrogens with one attached hydrogen (secondary N) is 2. The molecule has 1 amide bonds. The van der Waals surface area contributed by atoms with Gasteiger partial charge in [-0.25, -0.2) is 0 Å². The molecule has 0 radical (unpaired) electrons. The second-order valence-corrected chi connectivity index (χ2v) is 8.05. The van der Waals surface area contributed by atoms with Gasteiger partial charge in [0.05, 0.1) is 11.1 Å². The molecule has 0 spiro atoms. The van der Waals surface area contributed by atoms with Gasteiger partial charge in [-0.05, 0) is 43.0 Å². The minimum Gasteiger partial charge on any atom is -0.325 e. The molecule has 3 nitrogen and oxygen atoms in total. The highest BCUT2D eigenvalue weighted by molar-refractivity contribution is 8.19. The van der Waals surface area contributed by atoms with Gasteiger partial charge in [0.2, 0.25) is 5.91 Å². The number of halogens is 1. The summed E-state index contributed by atoms with van der Waals surface area (Å²) in [5.74, 6) is 3.30. The van der Waals surface area contributed by atoms with Crippen molar-refractivity contribution in [1.29, 1.82) is 0 Å². The van der Waals surface area contributed by atoms with Crippen molar-refractivity contribution in [3.63, 3.8) is 0 Å². The second kappa shape index (κ2) is 8.32. The van der Waals surface area contributed by atoms with Gasteiger partial charge < -0.3 is 10.6 Å². The van der Waals surface area contributed by atoms with E-state index in [2.05, 4.69) is 22.8 Å². The van der Waals surface area contributed by atoms with Gasteiger partial charge >= 0.3 is 0 Å². The minimum atomic E-state index is 0. The first kappa shape index (κ1) is 17.0. The van der Waals surface area contributed by atoms with Crippen LogP contribution in [0.25, 0.3) is 0 Å². The number of amides is 1. The molecule has 2 fully saturated rings. The third kappa shape index (κ3) is 5.40. The average molecular weight is 345 g/mol. The van der Waals surface area contributed by atoms with Crippen molar-refractivity contribution in [3.05, 3.63) is 29.8 Å². The number of hydrogen-bond acceptors (Lipinski definition) is 4. The largest absolute Gasteiger partial charge is 0.325 e. The van der Waals surface area contributed by atoms with Crippen LogP contribution in [0.4, 0.5) is 5.69 Å². The molecule has 0 bridgehead atoms. The van der Waals surface area contributed by atoms with Crippen LogP contribution < -0.4 is 10.6 Å². The van der Waals surface area contributed by atoms with Gasteiger partial charge in [-0.1, -0.05) is 12.1 Å². The van der Waals surface area contributed by atoms with E-state index in [9.17, 15) is 4.79 Å². The molecule has 0 atom stereocenters. The molecule has 0 aromatic heterocycles. The summed E-state index contributed by atoms with van der Waals surface area (Å²) >= 11 is 3.97. The van der Waals surface area contributed by atoms with Crippen LogP contribution in [0.5, 0.6) is 0 Å². The van der Waals surface area contributed by atoms with Gasteiger partial charge in [0.15, 0.2) is 0 Å². The number of rotatable bonds is 6. The Bertz CT molecular complexity index is 476. The normalized spacial score (nSPS) is 18.3. The van der Waals surface area contributed by atoms with Crippen LogP contribution in [0, 0.1) is 5.92 Å². The Morgan fingerprint density at radius 2 is 2.00 bits per heavy atom. The third-order valence-electron chi connectivity index (χ3n) is 3.48. The Morgan fingerprint density at radius 3 is 2.71 bits per heavy atom. The van der Waals surface area contributed by atoms with Gasteiger partial charge in [0, 0.05) is 17.2 Å². The summed E-state index contributed by atoms with van der Waals surface area (Å²) in [4.78, 5) is 11.9. The van der Waals surface area contributed by atoms with E-state index in [0.717, 1.165) is 18.2 Å². The van der Waals surface area contributed by atoms with Crippen molar-refractivity contribution in [2.24, 2.45) is 5.92 Å². The lowest BCUT2D eigenvalue weighted by Crippen LogP contribution is -2.29. The molecule has 2 aliphatic rings. The zero-order valence-electron chi connectivity index (χ0n) is 11.8. The van der Waals surface area contributed by atoms with E-state index in [-0.39, 0.29) is 18.3 Å². The lowest BCUT2D eigenvalue weighted by molar-refractivity contribution is -0.115. The molecule has 2 N–H and O–H groups in total. The number of carbonyl (C=O) groups is 1. The van der Waals surface area contributed by atoms with Crippen molar-refractivity contribution in [2.75, 3.05) is 29.9 Å². The lowest BCUT2D eigenvalue weighted by Gasteiger charge is -2.11. The number of thioether (sulfide) groups is 2. The molecule has 1 aromatic carbocycles. The van der Waals surface area contributed by atoms with E-state index >= 15 is 0 Å². The summed E-state index contributed by atoms with van der Waals surface area (Å²) < 4.78 is 0.528. The van der Waals surface area contributed by atoms with Gasteiger partial charge in [-0.15, -0.1) is 35.9 Å². The molecule has 116 valence electrons. The summed E-state index contributed by atoms with van der Waals surface area (Å²) in [6, 6.07) is 8.25. The Balaban J connectivity index is 0.00000161. The first-order chi connectivity index (χ1) is 9.81. The van der Waals surface area contributed by atoms with E-state index in [1.54, 1.807) is 0 Å². The van der Waals surface area contributed by atoms with Crippen molar-refractivity contribution in [3.8, 4) is 0 Å². The third-order valence-corrected chi connectivity index (χ3v) is 6.58. The lowest BCUT2D eigenvalue weighted by atomic mass is 10.2. The summed E-state index contributed by atoms with van der Waals surface area (Å²) in [6.45, 7) is 1.39. The molecule has 6 heteroatoms. The first-order valence-corrected chi connectivity index (χ1v) is 9.25. The maximum absolute atomic E-state index is 11.9. The van der Waals surface area contributed by atoms with Crippen LogP contribution in [0.15, 0.2) is 24.3 Å². The maximum atomic E-state index is 11.9. The Labute approximate surface area is 140 Å². The highest BCUT2D eigenvalue weighted by Gasteiger charge is 2.21. The summed E-state index contributed by atoms with van der Waals surface area (Å²) in [7, 11) is 0. The van der Waals surface area contributed by atoms with Gasteiger partial charge in [-0.3, -0.25) is 4.79 Å². The summed E-state index contributed by atoms with van der Waals surface area (Å²) in [5, 5.41) is 6.20. The van der Waals surface area contributed by atoms with Crippen LogP contribution >= 0.6 is 35.9 Å². The summed E-state index contributed by atoms with van der Waals surface area (Å²) in [6.07, 6.45) is 2.63. The zero-order chi connectivity index (χ0) is 13.8. The fourth-order valence-electron chi connectivity index (χ4n) is 2.23. The molecule has 1 saturated heterocycles. The van der Waals surface area contributed by atoms with Gasteiger partial charge in [0.25, 0.3) is 0 Å². The molecule has 1 aliphatic carbocycles. The highest BCUT2D eigenvalue weighted by atomic mass is 35.5. The van der Waals surface area contributed by atoms with E-state index in [1.807, 2.05) is 35.7 Å². The molecule has 1 aromatic rings. The highest BCUT2D eigenvalue weighted by Crippen LogP contribution is 2.45. The van der Waals surface area contributed by atoms with Crippen LogP contribution in [0.1, 0.15) is 23.0 Å².